The molecular formula is C14H22N2O7P-. The summed E-state index contributed by atoms with van der Waals surface area (Å²) in [6, 6.07) is 0. The first-order valence-corrected chi connectivity index (χ1v) is 9.13. The van der Waals surface area contributed by atoms with Crippen molar-refractivity contribution < 1.29 is 32.9 Å². The van der Waals surface area contributed by atoms with E-state index in [4.69, 9.17) is 0 Å². The third-order valence-electron chi connectivity index (χ3n) is 3.33. The summed E-state index contributed by atoms with van der Waals surface area (Å²) in [5, 5.41) is 2.71. The largest absolute Gasteiger partial charge is 0.756 e. The van der Waals surface area contributed by atoms with Crippen LogP contribution in [0.5, 0.6) is 0 Å². The number of hydrogen-bond donors (Lipinski definition) is 1. The highest BCUT2D eigenvalue weighted by Gasteiger charge is 2.23. The molecule has 0 radical (unpaired) electrons. The van der Waals surface area contributed by atoms with Crippen molar-refractivity contribution in [3.8, 4) is 0 Å². The van der Waals surface area contributed by atoms with Crippen molar-refractivity contribution in [3.63, 3.8) is 0 Å². The van der Waals surface area contributed by atoms with E-state index in [0.717, 1.165) is 31.3 Å². The third-order valence-corrected chi connectivity index (χ3v) is 4.28. The topological polar surface area (TPSA) is 125 Å². The second-order valence-electron chi connectivity index (χ2n) is 5.14. The highest BCUT2D eigenvalue weighted by atomic mass is 31.2. The Kier molecular flexibility index (Phi) is 8.84. The maximum atomic E-state index is 11.6. The maximum absolute atomic E-state index is 11.6. The van der Waals surface area contributed by atoms with E-state index in [0.29, 0.717) is 13.0 Å². The van der Waals surface area contributed by atoms with E-state index in [-0.39, 0.29) is 25.5 Å². The van der Waals surface area contributed by atoms with E-state index >= 15 is 0 Å². The number of imide groups is 1. The summed E-state index contributed by atoms with van der Waals surface area (Å²) in [4.78, 5) is 46.1. The van der Waals surface area contributed by atoms with Gasteiger partial charge < -0.3 is 19.3 Å². The number of unbranched alkanes of at least 4 members (excludes halogenated alkanes) is 3. The van der Waals surface area contributed by atoms with Crippen LogP contribution in [0.4, 0.5) is 0 Å². The Hall–Kier alpha value is -1.54. The number of phosphoric acid groups is 1. The number of rotatable bonds is 12. The number of nitrogens with zero attached hydrogens (tertiary/aromatic N) is 1. The van der Waals surface area contributed by atoms with Crippen LogP contribution in [0.25, 0.3) is 0 Å². The van der Waals surface area contributed by atoms with Crippen LogP contribution in [0.2, 0.25) is 0 Å². The summed E-state index contributed by atoms with van der Waals surface area (Å²) in [6.45, 7) is 0.632. The van der Waals surface area contributed by atoms with Crippen LogP contribution >= 0.6 is 7.82 Å². The Morgan fingerprint density at radius 3 is 2.46 bits per heavy atom. The fourth-order valence-electron chi connectivity index (χ4n) is 1.99. The number of carbonyl (C=O) groups is 3. The summed E-state index contributed by atoms with van der Waals surface area (Å²) in [5.74, 6) is -1.02. The molecule has 0 spiro atoms. The molecule has 1 rings (SSSR count). The molecule has 24 heavy (non-hydrogen) atoms. The molecular weight excluding hydrogens is 339 g/mol. The molecule has 0 aliphatic carbocycles. The van der Waals surface area contributed by atoms with Crippen molar-refractivity contribution in [2.24, 2.45) is 0 Å². The number of nitrogens with one attached hydrogen (secondary N) is 1. The second-order valence-corrected chi connectivity index (χ2v) is 6.66. The standard InChI is InChI=1S/C14H23N2O7P/c1-22-24(20,21)23-11-5-3-2-4-9-15-12(17)8-10-16-13(18)6-7-14(16)19/h6-7H,2-5,8-11H2,1H3,(H,15,17)(H,20,21)/p-1. The monoisotopic (exact) mass is 361 g/mol. The third kappa shape index (κ3) is 7.83. The smallest absolute Gasteiger partial charge is 0.267 e. The summed E-state index contributed by atoms with van der Waals surface area (Å²) >= 11 is 0. The Labute approximate surface area is 140 Å². The summed E-state index contributed by atoms with van der Waals surface area (Å²) in [5.41, 5.74) is 0. The lowest BCUT2D eigenvalue weighted by atomic mass is 10.2. The Bertz CT molecular complexity index is 517. The van der Waals surface area contributed by atoms with E-state index in [1.807, 2.05) is 0 Å². The van der Waals surface area contributed by atoms with Gasteiger partial charge in [0.25, 0.3) is 19.6 Å². The minimum atomic E-state index is -4.14. The summed E-state index contributed by atoms with van der Waals surface area (Å²) in [6.07, 6.45) is 5.34. The highest BCUT2D eigenvalue weighted by molar-refractivity contribution is 7.45. The molecule has 1 N–H and O–H groups in total. The molecule has 1 heterocycles. The van der Waals surface area contributed by atoms with Crippen molar-refractivity contribution in [1.82, 2.24) is 10.2 Å². The first-order chi connectivity index (χ1) is 11.4. The fraction of sp³-hybridized carbons (Fsp3) is 0.643. The minimum absolute atomic E-state index is 0.0720. The first kappa shape index (κ1) is 20.5. The van der Waals surface area contributed by atoms with Gasteiger partial charge in [-0.3, -0.25) is 23.8 Å². The normalized spacial score (nSPS) is 16.5. The Morgan fingerprint density at radius 2 is 1.83 bits per heavy atom. The molecule has 0 fully saturated rings. The number of amides is 3. The lowest BCUT2D eigenvalue weighted by Gasteiger charge is -2.19. The van der Waals surface area contributed by atoms with Gasteiger partial charge in [0.1, 0.15) is 0 Å². The molecule has 1 aliphatic heterocycles. The molecule has 136 valence electrons. The van der Waals surface area contributed by atoms with E-state index < -0.39 is 19.6 Å². The van der Waals surface area contributed by atoms with Crippen LogP contribution in [-0.2, 0) is 28.0 Å². The van der Waals surface area contributed by atoms with Gasteiger partial charge in [-0.25, -0.2) is 0 Å². The van der Waals surface area contributed by atoms with Crippen LogP contribution in [-0.4, -0.2) is 49.4 Å². The number of phosphoric ester groups is 1. The molecule has 0 aromatic rings. The maximum Gasteiger partial charge on any atom is 0.267 e. The van der Waals surface area contributed by atoms with Gasteiger partial charge in [-0.15, -0.1) is 0 Å². The van der Waals surface area contributed by atoms with Gasteiger partial charge in [-0.05, 0) is 12.8 Å². The molecule has 0 saturated carbocycles. The molecule has 0 aromatic carbocycles. The molecule has 0 saturated heterocycles. The predicted octanol–water partition coefficient (Wildman–Crippen LogP) is 0.110. The van der Waals surface area contributed by atoms with Gasteiger partial charge in [-0.1, -0.05) is 12.8 Å². The lowest BCUT2D eigenvalue weighted by Crippen LogP contribution is -2.34. The van der Waals surface area contributed by atoms with E-state index in [9.17, 15) is 23.8 Å². The Balaban J connectivity index is 1.97. The quantitative estimate of drug-likeness (QED) is 0.297. The molecule has 0 aromatic heterocycles. The van der Waals surface area contributed by atoms with E-state index in [2.05, 4.69) is 14.4 Å². The average Bonchev–Trinajstić information content (AvgIpc) is 2.86. The average molecular weight is 361 g/mol. The van der Waals surface area contributed by atoms with Gasteiger partial charge in [0.15, 0.2) is 0 Å². The van der Waals surface area contributed by atoms with Crippen molar-refractivity contribution in [3.05, 3.63) is 12.2 Å². The zero-order chi connectivity index (χ0) is 18.0. The van der Waals surface area contributed by atoms with Crippen LogP contribution in [0, 0.1) is 0 Å². The summed E-state index contributed by atoms with van der Waals surface area (Å²) in [7, 11) is -3.09. The van der Waals surface area contributed by atoms with Gasteiger partial charge in [0.2, 0.25) is 5.91 Å². The van der Waals surface area contributed by atoms with Crippen molar-refractivity contribution >= 4 is 25.5 Å². The van der Waals surface area contributed by atoms with Gasteiger partial charge in [0, 0.05) is 38.8 Å². The van der Waals surface area contributed by atoms with Crippen LogP contribution < -0.4 is 10.2 Å². The molecule has 0 bridgehead atoms. The van der Waals surface area contributed by atoms with Gasteiger partial charge >= 0.3 is 0 Å². The van der Waals surface area contributed by atoms with Gasteiger partial charge in [-0.2, -0.15) is 0 Å². The SMILES string of the molecule is COP(=O)([O-])OCCCCCCNC(=O)CCN1C(=O)C=CC1=O. The van der Waals surface area contributed by atoms with Crippen LogP contribution in [0.1, 0.15) is 32.1 Å². The molecule has 1 atom stereocenters. The van der Waals surface area contributed by atoms with Crippen molar-refractivity contribution in [1.29, 1.82) is 0 Å². The number of carbonyl (C=O) groups excluding carboxylic acids is 3. The van der Waals surface area contributed by atoms with Crippen LogP contribution in [0.15, 0.2) is 12.2 Å². The fourth-order valence-corrected chi connectivity index (χ4v) is 2.45. The van der Waals surface area contributed by atoms with E-state index in [1.165, 1.54) is 12.2 Å². The Morgan fingerprint density at radius 1 is 1.21 bits per heavy atom. The second kappa shape index (κ2) is 10.4. The number of hydrogen-bond acceptors (Lipinski definition) is 7. The highest BCUT2D eigenvalue weighted by Crippen LogP contribution is 2.36. The lowest BCUT2D eigenvalue weighted by molar-refractivity contribution is -0.223. The molecule has 9 nitrogen and oxygen atoms in total. The summed E-state index contributed by atoms with van der Waals surface area (Å²) < 4.78 is 19.6. The molecule has 3 amide bonds. The predicted molar refractivity (Wildman–Crippen MR) is 82.5 cm³/mol. The van der Waals surface area contributed by atoms with Crippen molar-refractivity contribution in [2.45, 2.75) is 32.1 Å². The van der Waals surface area contributed by atoms with E-state index in [1.54, 1.807) is 0 Å². The van der Waals surface area contributed by atoms with Gasteiger partial charge in [0.05, 0.1) is 6.61 Å². The molecule has 10 heteroatoms. The minimum Gasteiger partial charge on any atom is -0.756 e. The van der Waals surface area contributed by atoms with Crippen LogP contribution in [0.3, 0.4) is 0 Å². The zero-order valence-corrected chi connectivity index (χ0v) is 14.5. The molecule has 1 aliphatic rings. The first-order valence-electron chi connectivity index (χ1n) is 7.67. The zero-order valence-electron chi connectivity index (χ0n) is 13.6. The molecule has 1 unspecified atom stereocenters. The van der Waals surface area contributed by atoms with Crippen molar-refractivity contribution in [2.75, 3.05) is 26.8 Å².